The highest BCUT2D eigenvalue weighted by Crippen LogP contribution is 2.35. The Bertz CT molecular complexity index is 3120. The number of para-hydroxylation sites is 1. The van der Waals surface area contributed by atoms with Crippen LogP contribution < -0.4 is 0 Å². The van der Waals surface area contributed by atoms with Crippen LogP contribution >= 0.6 is 0 Å². The second kappa shape index (κ2) is 12.6. The van der Waals surface area contributed by atoms with Crippen LogP contribution in [0.2, 0.25) is 0 Å². The lowest BCUT2D eigenvalue weighted by atomic mass is 9.99. The van der Waals surface area contributed by atoms with Crippen molar-refractivity contribution in [2.45, 2.75) is 0 Å². The Morgan fingerprint density at radius 1 is 0.255 bits per heavy atom. The molecule has 0 aliphatic carbocycles. The highest BCUT2D eigenvalue weighted by molar-refractivity contribution is 6.10. The molecular weight excluding hydrogens is 671 g/mol. The lowest BCUT2D eigenvalue weighted by molar-refractivity contribution is 0.669. The predicted molar refractivity (Wildman–Crippen MR) is 227 cm³/mol. The van der Waals surface area contributed by atoms with Gasteiger partial charge in [-0.05, 0) is 103 Å². The molecule has 55 heavy (non-hydrogen) atoms. The molecule has 4 heteroatoms. The third kappa shape index (κ3) is 5.60. The SMILES string of the molecule is c1ccc(-c2ccc3cc(-c4nc(-c5ccc6cc(-c7ccccc7)ccc6c5)nc(-c5ccc6cc7c(cc6c5)oc5ccccc57)n4)ccc3c2)cc1. The van der Waals surface area contributed by atoms with Gasteiger partial charge in [0.15, 0.2) is 17.5 Å². The summed E-state index contributed by atoms with van der Waals surface area (Å²) in [5.41, 5.74) is 9.30. The summed E-state index contributed by atoms with van der Waals surface area (Å²) in [7, 11) is 0. The summed E-state index contributed by atoms with van der Waals surface area (Å²) in [5.74, 6) is 1.87. The highest BCUT2D eigenvalue weighted by atomic mass is 16.3. The lowest BCUT2D eigenvalue weighted by Crippen LogP contribution is -2.00. The van der Waals surface area contributed by atoms with Gasteiger partial charge in [-0.1, -0.05) is 140 Å². The van der Waals surface area contributed by atoms with Gasteiger partial charge < -0.3 is 4.42 Å². The molecule has 11 aromatic rings. The summed E-state index contributed by atoms with van der Waals surface area (Å²) in [4.78, 5) is 15.4. The number of fused-ring (bicyclic) bond motifs is 6. The largest absolute Gasteiger partial charge is 0.456 e. The lowest BCUT2D eigenvalue weighted by Gasteiger charge is -2.11. The predicted octanol–water partition coefficient (Wildman–Crippen LogP) is 13.6. The van der Waals surface area contributed by atoms with E-state index >= 15 is 0 Å². The van der Waals surface area contributed by atoms with Crippen LogP contribution in [0.4, 0.5) is 0 Å². The fourth-order valence-electron chi connectivity index (χ4n) is 7.76. The van der Waals surface area contributed by atoms with E-state index in [1.54, 1.807) is 0 Å². The number of hydrogen-bond acceptors (Lipinski definition) is 4. The van der Waals surface area contributed by atoms with Crippen LogP contribution in [-0.2, 0) is 0 Å². The Balaban J connectivity index is 1.05. The molecule has 0 atom stereocenters. The van der Waals surface area contributed by atoms with E-state index in [9.17, 15) is 0 Å². The zero-order chi connectivity index (χ0) is 36.3. The van der Waals surface area contributed by atoms with E-state index in [2.05, 4.69) is 164 Å². The van der Waals surface area contributed by atoms with Crippen molar-refractivity contribution < 1.29 is 4.42 Å². The summed E-state index contributed by atoms with van der Waals surface area (Å²) in [6, 6.07) is 66.0. The molecule has 0 aliphatic heterocycles. The van der Waals surface area contributed by atoms with Crippen LogP contribution in [0.25, 0.3) is 111 Å². The van der Waals surface area contributed by atoms with Crippen molar-refractivity contribution in [1.29, 1.82) is 0 Å². The summed E-state index contributed by atoms with van der Waals surface area (Å²) < 4.78 is 6.25. The third-order valence-electron chi connectivity index (χ3n) is 10.6. The van der Waals surface area contributed by atoms with Crippen LogP contribution in [0.1, 0.15) is 0 Å². The Morgan fingerprint density at radius 2 is 0.655 bits per heavy atom. The highest BCUT2D eigenvalue weighted by Gasteiger charge is 2.15. The minimum absolute atomic E-state index is 0.616. The second-order valence-corrected chi connectivity index (χ2v) is 14.1. The molecule has 0 unspecified atom stereocenters. The average molecular weight is 702 g/mol. The van der Waals surface area contributed by atoms with Crippen molar-refractivity contribution in [3.8, 4) is 56.4 Å². The number of furan rings is 1. The fourth-order valence-corrected chi connectivity index (χ4v) is 7.76. The molecule has 2 aromatic heterocycles. The average Bonchev–Trinajstić information content (AvgIpc) is 3.62. The fraction of sp³-hybridized carbons (Fsp3) is 0. The first-order chi connectivity index (χ1) is 27.2. The first-order valence-electron chi connectivity index (χ1n) is 18.5. The minimum Gasteiger partial charge on any atom is -0.456 e. The van der Waals surface area contributed by atoms with Gasteiger partial charge in [-0.15, -0.1) is 0 Å². The van der Waals surface area contributed by atoms with Crippen molar-refractivity contribution in [1.82, 2.24) is 15.0 Å². The van der Waals surface area contributed by atoms with E-state index in [-0.39, 0.29) is 0 Å². The number of hydrogen-bond donors (Lipinski definition) is 0. The normalized spacial score (nSPS) is 11.6. The third-order valence-corrected chi connectivity index (χ3v) is 10.6. The Labute approximate surface area is 317 Å². The zero-order valence-corrected chi connectivity index (χ0v) is 29.6. The van der Waals surface area contributed by atoms with E-state index in [4.69, 9.17) is 19.4 Å². The van der Waals surface area contributed by atoms with Crippen molar-refractivity contribution in [3.05, 3.63) is 188 Å². The molecule has 0 spiro atoms. The first-order valence-corrected chi connectivity index (χ1v) is 18.5. The quantitative estimate of drug-likeness (QED) is 0.179. The standard InChI is InChI=1S/C51H31N3O/c1-3-9-32(10-4-1)34-15-17-38-27-41(22-19-36(38)25-34)49-52-50(42-23-20-37-26-35(16-18-39(37)28-42)33-11-5-2-6-12-33)54-51(53-49)43-24-21-40-30-46-45-13-7-8-14-47(45)55-48(46)31-44(40)29-43/h1-31H. The van der Waals surface area contributed by atoms with Gasteiger partial charge in [0.2, 0.25) is 0 Å². The molecular formula is C51H31N3O. The van der Waals surface area contributed by atoms with E-state index in [0.717, 1.165) is 70.9 Å². The molecule has 9 aromatic carbocycles. The van der Waals surface area contributed by atoms with Crippen LogP contribution in [0, 0.1) is 0 Å². The molecule has 0 fully saturated rings. The summed E-state index contributed by atoms with van der Waals surface area (Å²) in [5, 5.41) is 9.00. The molecule has 2 heterocycles. The molecule has 0 aliphatic rings. The van der Waals surface area contributed by atoms with E-state index in [1.807, 2.05) is 24.3 Å². The van der Waals surface area contributed by atoms with Crippen molar-refractivity contribution in [2.75, 3.05) is 0 Å². The van der Waals surface area contributed by atoms with E-state index in [1.165, 1.54) is 22.3 Å². The molecule has 0 saturated heterocycles. The topological polar surface area (TPSA) is 51.8 Å². The Morgan fingerprint density at radius 3 is 1.16 bits per heavy atom. The number of benzene rings is 9. The monoisotopic (exact) mass is 701 g/mol. The maximum absolute atomic E-state index is 6.25. The molecule has 0 saturated carbocycles. The maximum Gasteiger partial charge on any atom is 0.164 e. The van der Waals surface area contributed by atoms with Gasteiger partial charge in [-0.25, -0.2) is 15.0 Å². The Kier molecular flexibility index (Phi) is 7.14. The molecule has 0 amide bonds. The van der Waals surface area contributed by atoms with Crippen molar-refractivity contribution in [2.24, 2.45) is 0 Å². The molecule has 0 radical (unpaired) electrons. The molecule has 4 nitrogen and oxygen atoms in total. The summed E-state index contributed by atoms with van der Waals surface area (Å²) >= 11 is 0. The summed E-state index contributed by atoms with van der Waals surface area (Å²) in [6.45, 7) is 0. The molecule has 0 N–H and O–H groups in total. The van der Waals surface area contributed by atoms with E-state index < -0.39 is 0 Å². The van der Waals surface area contributed by atoms with Crippen molar-refractivity contribution >= 4 is 54.3 Å². The molecule has 11 rings (SSSR count). The second-order valence-electron chi connectivity index (χ2n) is 14.1. The first kappa shape index (κ1) is 31.1. The summed E-state index contributed by atoms with van der Waals surface area (Å²) in [6.07, 6.45) is 0. The van der Waals surface area contributed by atoms with Crippen molar-refractivity contribution in [3.63, 3.8) is 0 Å². The van der Waals surface area contributed by atoms with E-state index in [0.29, 0.717) is 17.5 Å². The van der Waals surface area contributed by atoms with Gasteiger partial charge in [-0.3, -0.25) is 0 Å². The number of nitrogens with zero attached hydrogens (tertiary/aromatic N) is 3. The van der Waals surface area contributed by atoms with Gasteiger partial charge in [-0.2, -0.15) is 0 Å². The molecule has 256 valence electrons. The minimum atomic E-state index is 0.616. The van der Waals surface area contributed by atoms with Crippen LogP contribution in [0.3, 0.4) is 0 Å². The zero-order valence-electron chi connectivity index (χ0n) is 29.6. The maximum atomic E-state index is 6.25. The van der Waals surface area contributed by atoms with Gasteiger partial charge in [0.1, 0.15) is 11.2 Å². The Hall–Kier alpha value is -7.43. The van der Waals surface area contributed by atoms with Gasteiger partial charge >= 0.3 is 0 Å². The van der Waals surface area contributed by atoms with Gasteiger partial charge in [0, 0.05) is 27.5 Å². The van der Waals surface area contributed by atoms with Gasteiger partial charge in [0.05, 0.1) is 0 Å². The molecule has 0 bridgehead atoms. The van der Waals surface area contributed by atoms with Crippen LogP contribution in [0.5, 0.6) is 0 Å². The van der Waals surface area contributed by atoms with Gasteiger partial charge in [0.25, 0.3) is 0 Å². The number of aromatic nitrogens is 3. The van der Waals surface area contributed by atoms with Crippen LogP contribution in [-0.4, -0.2) is 15.0 Å². The van der Waals surface area contributed by atoms with Crippen LogP contribution in [0.15, 0.2) is 192 Å². The smallest absolute Gasteiger partial charge is 0.164 e. The number of rotatable bonds is 5.